The van der Waals surface area contributed by atoms with Gasteiger partial charge in [-0.15, -0.1) is 21.5 Å². The van der Waals surface area contributed by atoms with Crippen molar-refractivity contribution in [2.24, 2.45) is 0 Å². The van der Waals surface area contributed by atoms with Crippen LogP contribution in [0.15, 0.2) is 61.1 Å². The van der Waals surface area contributed by atoms with Crippen LogP contribution in [0.2, 0.25) is 0 Å². The fourth-order valence-corrected chi connectivity index (χ4v) is 3.99. The summed E-state index contributed by atoms with van der Waals surface area (Å²) in [6.45, 7) is 0.487. The maximum absolute atomic E-state index is 13.2. The highest BCUT2D eigenvalue weighted by molar-refractivity contribution is 7.22. The molecule has 6 nitrogen and oxygen atoms in total. The number of hydrogen-bond donors (Lipinski definition) is 1. The number of pyridine rings is 1. The lowest BCUT2D eigenvalue weighted by atomic mass is 10.2. The van der Waals surface area contributed by atoms with Gasteiger partial charge in [0, 0.05) is 11.1 Å². The fraction of sp³-hybridized carbons (Fsp3) is 0.0526. The minimum Gasteiger partial charge on any atom is -0.361 e. The van der Waals surface area contributed by atoms with Crippen molar-refractivity contribution in [2.45, 2.75) is 6.54 Å². The molecule has 0 radical (unpaired) electrons. The van der Waals surface area contributed by atoms with E-state index in [1.54, 1.807) is 23.5 Å². The number of fused-ring (bicyclic) bond motifs is 2. The summed E-state index contributed by atoms with van der Waals surface area (Å²) in [4.78, 5) is 9.75. The van der Waals surface area contributed by atoms with Crippen LogP contribution in [0.4, 0.5) is 10.2 Å². The maximum Gasteiger partial charge on any atom is 0.160 e. The fourth-order valence-electron chi connectivity index (χ4n) is 2.91. The van der Waals surface area contributed by atoms with E-state index in [2.05, 4.69) is 25.5 Å². The van der Waals surface area contributed by atoms with Crippen molar-refractivity contribution < 1.29 is 4.39 Å². The second kappa shape index (κ2) is 6.40. The van der Waals surface area contributed by atoms with E-state index in [4.69, 9.17) is 0 Å². The second-order valence-electron chi connectivity index (χ2n) is 5.95. The van der Waals surface area contributed by atoms with Crippen LogP contribution in [0.5, 0.6) is 0 Å². The van der Waals surface area contributed by atoms with Crippen molar-refractivity contribution in [2.75, 3.05) is 5.32 Å². The highest BCUT2D eigenvalue weighted by Gasteiger charge is 2.12. The molecule has 4 heterocycles. The Morgan fingerprint density at radius 2 is 1.93 bits per heavy atom. The van der Waals surface area contributed by atoms with E-state index < -0.39 is 0 Å². The molecule has 0 bridgehead atoms. The summed E-state index contributed by atoms with van der Waals surface area (Å²) >= 11 is 1.57. The lowest BCUT2D eigenvalue weighted by Crippen LogP contribution is -2.05. The summed E-state index contributed by atoms with van der Waals surface area (Å²) in [6.07, 6.45) is 3.47. The van der Waals surface area contributed by atoms with Gasteiger partial charge in [0.15, 0.2) is 11.5 Å². The maximum atomic E-state index is 13.2. The molecule has 1 N–H and O–H groups in total. The summed E-state index contributed by atoms with van der Waals surface area (Å²) in [7, 11) is 0. The summed E-state index contributed by atoms with van der Waals surface area (Å²) < 4.78 is 16.1. The first-order valence-electron chi connectivity index (χ1n) is 8.31. The van der Waals surface area contributed by atoms with Crippen molar-refractivity contribution in [3.8, 4) is 10.4 Å². The molecule has 8 heteroatoms. The zero-order valence-electron chi connectivity index (χ0n) is 14.0. The highest BCUT2D eigenvalue weighted by atomic mass is 32.1. The molecule has 132 valence electrons. The number of halogens is 1. The first kappa shape index (κ1) is 15.8. The van der Waals surface area contributed by atoms with E-state index in [1.165, 1.54) is 18.5 Å². The molecule has 5 rings (SSSR count). The molecule has 1 aromatic carbocycles. The predicted molar refractivity (Wildman–Crippen MR) is 103 cm³/mol. The molecule has 4 aromatic heterocycles. The molecule has 0 spiro atoms. The van der Waals surface area contributed by atoms with Crippen LogP contribution in [0, 0.1) is 5.82 Å². The van der Waals surface area contributed by atoms with Gasteiger partial charge in [-0.3, -0.25) is 4.40 Å². The summed E-state index contributed by atoms with van der Waals surface area (Å²) in [5.41, 5.74) is 2.61. The standard InChI is InChI=1S/C19H13FN6S/c20-13-6-4-12(5-7-13)15-9-14-18(27-15)19(23-11-22-14)21-10-17-25-24-16-3-1-2-8-26(16)17/h1-9,11H,10H2,(H,21,22,23). The van der Waals surface area contributed by atoms with E-state index in [9.17, 15) is 4.39 Å². The van der Waals surface area contributed by atoms with Crippen LogP contribution in [0.1, 0.15) is 5.82 Å². The van der Waals surface area contributed by atoms with E-state index in [0.29, 0.717) is 6.54 Å². The lowest BCUT2D eigenvalue weighted by molar-refractivity contribution is 0.628. The van der Waals surface area contributed by atoms with Gasteiger partial charge in [-0.2, -0.15) is 0 Å². The van der Waals surface area contributed by atoms with Crippen LogP contribution in [0.25, 0.3) is 26.3 Å². The third-order valence-corrected chi connectivity index (χ3v) is 5.42. The molecule has 0 saturated carbocycles. The Bertz CT molecular complexity index is 1240. The Labute approximate surface area is 157 Å². The van der Waals surface area contributed by atoms with Crippen molar-refractivity contribution in [3.63, 3.8) is 0 Å². The molecule has 0 fully saturated rings. The van der Waals surface area contributed by atoms with Gasteiger partial charge in [0.25, 0.3) is 0 Å². The number of thiophene rings is 1. The Balaban J connectivity index is 1.47. The van der Waals surface area contributed by atoms with Gasteiger partial charge < -0.3 is 5.32 Å². The predicted octanol–water partition coefficient (Wildman–Crippen LogP) is 4.15. The number of aromatic nitrogens is 5. The lowest BCUT2D eigenvalue weighted by Gasteiger charge is -2.05. The van der Waals surface area contributed by atoms with Gasteiger partial charge in [0.2, 0.25) is 0 Å². The molecule has 0 aliphatic rings. The molecule has 0 saturated heterocycles. The molecule has 0 atom stereocenters. The number of nitrogens with zero attached hydrogens (tertiary/aromatic N) is 5. The number of nitrogens with one attached hydrogen (secondary N) is 1. The van der Waals surface area contributed by atoms with Gasteiger partial charge in [-0.25, -0.2) is 14.4 Å². The normalized spacial score (nSPS) is 11.3. The minimum atomic E-state index is -0.248. The second-order valence-corrected chi connectivity index (χ2v) is 7.01. The number of benzene rings is 1. The molecule has 0 amide bonds. The van der Waals surface area contributed by atoms with E-state index in [0.717, 1.165) is 37.9 Å². The van der Waals surface area contributed by atoms with Crippen LogP contribution in [0.3, 0.4) is 0 Å². The first-order valence-corrected chi connectivity index (χ1v) is 9.12. The first-order chi connectivity index (χ1) is 13.3. The summed E-state index contributed by atoms with van der Waals surface area (Å²) in [5.74, 6) is 1.29. The largest absolute Gasteiger partial charge is 0.361 e. The smallest absolute Gasteiger partial charge is 0.160 e. The quantitative estimate of drug-likeness (QED) is 0.510. The van der Waals surface area contributed by atoms with Crippen LogP contribution >= 0.6 is 11.3 Å². The van der Waals surface area contributed by atoms with E-state index >= 15 is 0 Å². The van der Waals surface area contributed by atoms with Gasteiger partial charge >= 0.3 is 0 Å². The molecular weight excluding hydrogens is 363 g/mol. The monoisotopic (exact) mass is 376 g/mol. The zero-order chi connectivity index (χ0) is 18.2. The number of hydrogen-bond acceptors (Lipinski definition) is 6. The highest BCUT2D eigenvalue weighted by Crippen LogP contribution is 2.35. The molecule has 0 unspecified atom stereocenters. The van der Waals surface area contributed by atoms with Crippen LogP contribution in [-0.2, 0) is 6.54 Å². The Kier molecular flexibility index (Phi) is 3.75. The summed E-state index contributed by atoms with van der Waals surface area (Å²) in [6, 6.07) is 14.2. The van der Waals surface area contributed by atoms with Gasteiger partial charge in [0.05, 0.1) is 16.8 Å². The average molecular weight is 376 g/mol. The molecule has 0 aliphatic carbocycles. The minimum absolute atomic E-state index is 0.248. The topological polar surface area (TPSA) is 68.0 Å². The third-order valence-electron chi connectivity index (χ3n) is 4.24. The van der Waals surface area contributed by atoms with Gasteiger partial charge in [0.1, 0.15) is 18.0 Å². The molecular formula is C19H13FN6S. The molecule has 0 aliphatic heterocycles. The molecule has 27 heavy (non-hydrogen) atoms. The van der Waals surface area contributed by atoms with Crippen LogP contribution in [-0.4, -0.2) is 24.6 Å². The average Bonchev–Trinajstić information content (AvgIpc) is 3.31. The third kappa shape index (κ3) is 2.89. The van der Waals surface area contributed by atoms with Crippen molar-refractivity contribution in [1.29, 1.82) is 0 Å². The van der Waals surface area contributed by atoms with Crippen molar-refractivity contribution >= 4 is 33.0 Å². The number of anilines is 1. The summed E-state index contributed by atoms with van der Waals surface area (Å²) in [5, 5.41) is 11.7. The Morgan fingerprint density at radius 1 is 1.04 bits per heavy atom. The SMILES string of the molecule is Fc1ccc(-c2cc3ncnc(NCc4nnc5ccccn45)c3s2)cc1. The molecule has 5 aromatic rings. The zero-order valence-corrected chi connectivity index (χ0v) is 14.8. The Hall–Kier alpha value is -3.39. The van der Waals surface area contributed by atoms with E-state index in [-0.39, 0.29) is 5.82 Å². The van der Waals surface area contributed by atoms with Gasteiger partial charge in [-0.1, -0.05) is 18.2 Å². The van der Waals surface area contributed by atoms with E-state index in [1.807, 2.05) is 34.9 Å². The van der Waals surface area contributed by atoms with Crippen LogP contribution < -0.4 is 5.32 Å². The Morgan fingerprint density at radius 3 is 2.81 bits per heavy atom. The van der Waals surface area contributed by atoms with Gasteiger partial charge in [-0.05, 0) is 35.9 Å². The van der Waals surface area contributed by atoms with Crippen molar-refractivity contribution in [1.82, 2.24) is 24.6 Å². The number of rotatable bonds is 4. The van der Waals surface area contributed by atoms with Crippen molar-refractivity contribution in [3.05, 3.63) is 72.7 Å².